The highest BCUT2D eigenvalue weighted by Gasteiger charge is 2.29. The van der Waals surface area contributed by atoms with Crippen LogP contribution in [0.4, 0.5) is 5.00 Å². The van der Waals surface area contributed by atoms with Crippen molar-refractivity contribution in [1.82, 2.24) is 4.90 Å². The summed E-state index contributed by atoms with van der Waals surface area (Å²) < 4.78 is 0. The van der Waals surface area contributed by atoms with Gasteiger partial charge in [0, 0.05) is 13.1 Å². The summed E-state index contributed by atoms with van der Waals surface area (Å²) in [6, 6.07) is 2.73. The van der Waals surface area contributed by atoms with E-state index in [1.165, 1.54) is 17.0 Å². The van der Waals surface area contributed by atoms with Crippen LogP contribution in [0.15, 0.2) is 12.1 Å². The van der Waals surface area contributed by atoms with Crippen molar-refractivity contribution in [2.45, 2.75) is 19.4 Å². The van der Waals surface area contributed by atoms with Crippen molar-refractivity contribution in [2.24, 2.45) is 0 Å². The standard InChI is InChI=1S/C10H14N2O4S/c1-10(2,6-13)11(3)9(14)7-4-5-8(17-7)12(15)16/h4-5,13H,6H2,1-3H3. The number of nitrogens with zero attached hydrogens (tertiary/aromatic N) is 2. The van der Waals surface area contributed by atoms with Gasteiger partial charge >= 0.3 is 5.00 Å². The topological polar surface area (TPSA) is 83.7 Å². The van der Waals surface area contributed by atoms with E-state index < -0.39 is 10.5 Å². The van der Waals surface area contributed by atoms with E-state index in [1.807, 2.05) is 0 Å². The first-order valence-electron chi connectivity index (χ1n) is 4.93. The molecule has 1 aromatic rings. The summed E-state index contributed by atoms with van der Waals surface area (Å²) >= 11 is 0.832. The fourth-order valence-corrected chi connectivity index (χ4v) is 1.88. The van der Waals surface area contributed by atoms with Gasteiger partial charge in [0.15, 0.2) is 0 Å². The molecule has 6 nitrogen and oxygen atoms in total. The lowest BCUT2D eigenvalue weighted by Crippen LogP contribution is -2.47. The normalized spacial score (nSPS) is 11.3. The van der Waals surface area contributed by atoms with Crippen LogP contribution in [-0.2, 0) is 0 Å². The van der Waals surface area contributed by atoms with Crippen LogP contribution in [0.5, 0.6) is 0 Å². The lowest BCUT2D eigenvalue weighted by Gasteiger charge is -2.33. The van der Waals surface area contributed by atoms with Crippen molar-refractivity contribution in [1.29, 1.82) is 0 Å². The van der Waals surface area contributed by atoms with E-state index in [1.54, 1.807) is 20.9 Å². The molecule has 1 N–H and O–H groups in total. The van der Waals surface area contributed by atoms with Crippen LogP contribution in [0.1, 0.15) is 23.5 Å². The summed E-state index contributed by atoms with van der Waals surface area (Å²) in [7, 11) is 1.56. The molecule has 0 atom stereocenters. The third-order valence-electron chi connectivity index (χ3n) is 2.58. The molecule has 0 radical (unpaired) electrons. The Labute approximate surface area is 103 Å². The minimum absolute atomic E-state index is 0.0662. The van der Waals surface area contributed by atoms with Gasteiger partial charge in [0.1, 0.15) is 0 Å². The number of hydrogen-bond acceptors (Lipinski definition) is 5. The second kappa shape index (κ2) is 4.80. The summed E-state index contributed by atoms with van der Waals surface area (Å²) in [5.74, 6) is -0.331. The summed E-state index contributed by atoms with van der Waals surface area (Å²) in [5, 5.41) is 19.6. The molecule has 7 heteroatoms. The zero-order chi connectivity index (χ0) is 13.2. The average molecular weight is 258 g/mol. The van der Waals surface area contributed by atoms with Crippen molar-refractivity contribution < 1.29 is 14.8 Å². The van der Waals surface area contributed by atoms with E-state index in [0.29, 0.717) is 4.88 Å². The molecule has 1 heterocycles. The quantitative estimate of drug-likeness (QED) is 0.655. The Kier molecular flexibility index (Phi) is 3.84. The van der Waals surface area contributed by atoms with E-state index in [9.17, 15) is 14.9 Å². The van der Waals surface area contributed by atoms with Crippen molar-refractivity contribution in [3.63, 3.8) is 0 Å². The van der Waals surface area contributed by atoms with Gasteiger partial charge in [-0.2, -0.15) is 0 Å². The van der Waals surface area contributed by atoms with E-state index >= 15 is 0 Å². The molecule has 94 valence electrons. The fraction of sp³-hybridized carbons (Fsp3) is 0.500. The number of amides is 1. The Morgan fingerprint density at radius 1 is 1.59 bits per heavy atom. The van der Waals surface area contributed by atoms with E-state index in [2.05, 4.69) is 0 Å². The highest BCUT2D eigenvalue weighted by molar-refractivity contribution is 7.17. The van der Waals surface area contributed by atoms with Crippen LogP contribution in [0.2, 0.25) is 0 Å². The highest BCUT2D eigenvalue weighted by atomic mass is 32.1. The predicted molar refractivity (Wildman–Crippen MR) is 64.2 cm³/mol. The van der Waals surface area contributed by atoms with Crippen molar-refractivity contribution >= 4 is 22.2 Å². The Hall–Kier alpha value is -1.47. The summed E-state index contributed by atoms with van der Waals surface area (Å²) in [6.07, 6.45) is 0. The smallest absolute Gasteiger partial charge is 0.324 e. The van der Waals surface area contributed by atoms with Gasteiger partial charge in [0.25, 0.3) is 5.91 Å². The zero-order valence-electron chi connectivity index (χ0n) is 9.84. The van der Waals surface area contributed by atoms with Gasteiger partial charge in [-0.3, -0.25) is 14.9 Å². The molecule has 0 spiro atoms. The van der Waals surface area contributed by atoms with Crippen LogP contribution < -0.4 is 0 Å². The van der Waals surface area contributed by atoms with Crippen molar-refractivity contribution in [3.8, 4) is 0 Å². The summed E-state index contributed by atoms with van der Waals surface area (Å²) in [4.78, 5) is 23.6. The maximum atomic E-state index is 12.0. The SMILES string of the molecule is CN(C(=O)c1ccc([N+](=O)[O-])s1)C(C)(C)CO. The predicted octanol–water partition coefficient (Wildman–Crippen LogP) is 1.50. The van der Waals surface area contributed by atoms with Gasteiger partial charge in [-0.25, -0.2) is 0 Å². The molecule has 1 rings (SSSR count). The third-order valence-corrected chi connectivity index (χ3v) is 3.61. The van der Waals surface area contributed by atoms with Gasteiger partial charge in [-0.15, -0.1) is 0 Å². The molecule has 1 amide bonds. The maximum Gasteiger partial charge on any atom is 0.324 e. The van der Waals surface area contributed by atoms with Crippen LogP contribution >= 0.6 is 11.3 Å². The minimum Gasteiger partial charge on any atom is -0.394 e. The molecule has 0 fully saturated rings. The number of hydrogen-bond donors (Lipinski definition) is 1. The fourth-order valence-electron chi connectivity index (χ4n) is 1.09. The Balaban J connectivity index is 2.93. The second-order valence-electron chi connectivity index (χ2n) is 4.23. The largest absolute Gasteiger partial charge is 0.394 e. The molecular formula is C10H14N2O4S. The number of aliphatic hydroxyl groups is 1. The Morgan fingerprint density at radius 3 is 2.59 bits per heavy atom. The number of thiophene rings is 1. The van der Waals surface area contributed by atoms with Gasteiger partial charge in [0.2, 0.25) is 0 Å². The molecular weight excluding hydrogens is 244 g/mol. The molecule has 0 unspecified atom stereocenters. The van der Waals surface area contributed by atoms with Crippen molar-refractivity contribution in [3.05, 3.63) is 27.1 Å². The molecule has 0 aliphatic carbocycles. The third kappa shape index (κ3) is 2.80. The first-order valence-corrected chi connectivity index (χ1v) is 5.74. The van der Waals surface area contributed by atoms with Crippen LogP contribution in [0, 0.1) is 10.1 Å². The number of likely N-dealkylation sites (N-methyl/N-ethyl adjacent to an activating group) is 1. The number of rotatable bonds is 4. The maximum absolute atomic E-state index is 12.0. The second-order valence-corrected chi connectivity index (χ2v) is 5.29. The van der Waals surface area contributed by atoms with E-state index in [4.69, 9.17) is 5.11 Å². The highest BCUT2D eigenvalue weighted by Crippen LogP contribution is 2.26. The van der Waals surface area contributed by atoms with E-state index in [0.717, 1.165) is 11.3 Å². The monoisotopic (exact) mass is 258 g/mol. The molecule has 0 saturated heterocycles. The lowest BCUT2D eigenvalue weighted by atomic mass is 10.1. The Bertz CT molecular complexity index is 441. The number of carbonyl (C=O) groups is 1. The first kappa shape index (κ1) is 13.6. The summed E-state index contributed by atoms with van der Waals surface area (Å²) in [6.45, 7) is 3.25. The number of nitro groups is 1. The van der Waals surface area contributed by atoms with Gasteiger partial charge in [0.05, 0.1) is 21.9 Å². The average Bonchev–Trinajstić information content (AvgIpc) is 2.76. The van der Waals surface area contributed by atoms with Crippen LogP contribution in [0.3, 0.4) is 0 Å². The molecule has 0 aliphatic rings. The van der Waals surface area contributed by atoms with Gasteiger partial charge in [-0.05, 0) is 19.9 Å². The zero-order valence-corrected chi connectivity index (χ0v) is 10.7. The lowest BCUT2D eigenvalue weighted by molar-refractivity contribution is -0.380. The molecule has 0 aliphatic heterocycles. The van der Waals surface area contributed by atoms with Crippen molar-refractivity contribution in [2.75, 3.05) is 13.7 Å². The molecule has 0 saturated carbocycles. The minimum atomic E-state index is -0.699. The van der Waals surface area contributed by atoms with Crippen LogP contribution in [0.25, 0.3) is 0 Å². The molecule has 17 heavy (non-hydrogen) atoms. The van der Waals surface area contributed by atoms with Gasteiger partial charge < -0.3 is 10.0 Å². The molecule has 0 aromatic carbocycles. The number of carbonyl (C=O) groups excluding carboxylic acids is 1. The number of aliphatic hydroxyl groups excluding tert-OH is 1. The first-order chi connectivity index (χ1) is 7.79. The summed E-state index contributed by atoms with van der Waals surface area (Å²) in [5.41, 5.74) is -0.699. The van der Waals surface area contributed by atoms with Gasteiger partial charge in [-0.1, -0.05) is 11.3 Å². The Morgan fingerprint density at radius 2 is 2.18 bits per heavy atom. The van der Waals surface area contributed by atoms with Crippen LogP contribution in [-0.4, -0.2) is 40.0 Å². The molecule has 1 aromatic heterocycles. The molecule has 0 bridgehead atoms. The van der Waals surface area contributed by atoms with E-state index in [-0.39, 0.29) is 17.5 Å².